The topological polar surface area (TPSA) is 110 Å². The van der Waals surface area contributed by atoms with Crippen molar-refractivity contribution >= 4 is 51.2 Å². The van der Waals surface area contributed by atoms with Gasteiger partial charge in [0.1, 0.15) is 5.57 Å². The quantitative estimate of drug-likeness (QED) is 0.358. The van der Waals surface area contributed by atoms with Gasteiger partial charge in [0.2, 0.25) is 0 Å². The van der Waals surface area contributed by atoms with Gasteiger partial charge in [-0.05, 0) is 36.4 Å². The van der Waals surface area contributed by atoms with Crippen LogP contribution >= 0.6 is 15.9 Å². The number of benzene rings is 2. The fourth-order valence-corrected chi connectivity index (χ4v) is 2.68. The predicted octanol–water partition coefficient (Wildman–Crippen LogP) is 3.02. The Balaban J connectivity index is 2.06. The number of anilines is 1. The summed E-state index contributed by atoms with van der Waals surface area (Å²) in [7, 11) is 0. The molecule has 1 N–H and O–H groups in total. The maximum Gasteiger partial charge on any atom is 0.335 e. The lowest BCUT2D eigenvalue weighted by atomic mass is 10.1. The molecule has 0 saturated carbocycles. The summed E-state index contributed by atoms with van der Waals surface area (Å²) in [6, 6.07) is 11.1. The van der Waals surface area contributed by atoms with E-state index in [-0.39, 0.29) is 22.5 Å². The monoisotopic (exact) mass is 415 g/mol. The van der Waals surface area contributed by atoms with Crippen LogP contribution in [0.5, 0.6) is 0 Å². The first kappa shape index (κ1) is 17.5. The number of nitrogens with one attached hydrogen (secondary N) is 1. The number of halogens is 1. The molecule has 8 nitrogen and oxygen atoms in total. The van der Waals surface area contributed by atoms with E-state index in [1.807, 2.05) is 0 Å². The van der Waals surface area contributed by atoms with E-state index in [1.165, 1.54) is 30.3 Å². The summed E-state index contributed by atoms with van der Waals surface area (Å²) in [5.74, 6) is -1.77. The first-order valence-corrected chi connectivity index (χ1v) is 8.08. The molecule has 2 aromatic carbocycles. The molecule has 0 radical (unpaired) electrons. The third kappa shape index (κ3) is 3.24. The number of carbonyl (C=O) groups excluding carboxylic acids is 3. The normalized spacial score (nSPS) is 16.0. The Labute approximate surface area is 155 Å². The molecule has 3 rings (SSSR count). The minimum Gasteiger partial charge on any atom is -0.273 e. The lowest BCUT2D eigenvalue weighted by Crippen LogP contribution is -2.54. The average molecular weight is 416 g/mol. The Morgan fingerprint density at radius 3 is 2.35 bits per heavy atom. The van der Waals surface area contributed by atoms with Crippen LogP contribution in [0.1, 0.15) is 5.56 Å². The zero-order valence-electron chi connectivity index (χ0n) is 13.0. The highest BCUT2D eigenvalue weighted by Gasteiger charge is 2.37. The van der Waals surface area contributed by atoms with Crippen molar-refractivity contribution in [2.75, 3.05) is 4.90 Å². The van der Waals surface area contributed by atoms with Crippen molar-refractivity contribution in [3.8, 4) is 0 Å². The minimum absolute atomic E-state index is 0.0844. The van der Waals surface area contributed by atoms with Gasteiger partial charge in [0.05, 0.1) is 16.2 Å². The lowest BCUT2D eigenvalue weighted by Gasteiger charge is -2.26. The van der Waals surface area contributed by atoms with Crippen LogP contribution in [0.2, 0.25) is 0 Å². The number of para-hydroxylation sites is 1. The number of hydrogen-bond donors (Lipinski definition) is 1. The fraction of sp³-hybridized carbons (Fsp3) is 0. The summed E-state index contributed by atoms with van der Waals surface area (Å²) in [4.78, 5) is 48.2. The highest BCUT2D eigenvalue weighted by Crippen LogP contribution is 2.26. The van der Waals surface area contributed by atoms with E-state index >= 15 is 0 Å². The molecule has 26 heavy (non-hydrogen) atoms. The number of urea groups is 1. The number of hydrogen-bond acceptors (Lipinski definition) is 5. The average Bonchev–Trinajstić information content (AvgIpc) is 2.60. The molecule has 1 saturated heterocycles. The van der Waals surface area contributed by atoms with Crippen molar-refractivity contribution in [1.82, 2.24) is 5.32 Å². The molecule has 0 aliphatic carbocycles. The molecule has 1 aliphatic rings. The van der Waals surface area contributed by atoms with Crippen LogP contribution in [0.4, 0.5) is 16.2 Å². The Morgan fingerprint density at radius 2 is 1.69 bits per heavy atom. The van der Waals surface area contributed by atoms with Gasteiger partial charge >= 0.3 is 6.03 Å². The molecule has 1 heterocycles. The Kier molecular flexibility index (Phi) is 4.63. The van der Waals surface area contributed by atoms with Crippen LogP contribution < -0.4 is 10.2 Å². The number of nitro benzene ring substituents is 1. The summed E-state index contributed by atoms with van der Waals surface area (Å²) >= 11 is 3.25. The summed E-state index contributed by atoms with van der Waals surface area (Å²) in [5, 5.41) is 13.2. The number of amides is 4. The van der Waals surface area contributed by atoms with Crippen molar-refractivity contribution in [3.05, 3.63) is 74.3 Å². The van der Waals surface area contributed by atoms with Crippen molar-refractivity contribution in [3.63, 3.8) is 0 Å². The summed E-state index contributed by atoms with van der Waals surface area (Å²) < 4.78 is 0.748. The lowest BCUT2D eigenvalue weighted by molar-refractivity contribution is -0.385. The van der Waals surface area contributed by atoms with E-state index < -0.39 is 22.8 Å². The van der Waals surface area contributed by atoms with E-state index in [0.29, 0.717) is 0 Å². The predicted molar refractivity (Wildman–Crippen MR) is 96.2 cm³/mol. The third-order valence-electron chi connectivity index (χ3n) is 3.62. The molecule has 1 aliphatic heterocycles. The molecule has 2 aromatic rings. The number of nitro groups is 1. The largest absolute Gasteiger partial charge is 0.335 e. The van der Waals surface area contributed by atoms with E-state index in [2.05, 4.69) is 21.2 Å². The number of imide groups is 2. The zero-order chi connectivity index (χ0) is 18.8. The van der Waals surface area contributed by atoms with Crippen molar-refractivity contribution in [2.45, 2.75) is 0 Å². The van der Waals surface area contributed by atoms with E-state index in [9.17, 15) is 24.5 Å². The Morgan fingerprint density at radius 1 is 1.04 bits per heavy atom. The van der Waals surface area contributed by atoms with E-state index in [4.69, 9.17) is 0 Å². The van der Waals surface area contributed by atoms with Gasteiger partial charge in [-0.2, -0.15) is 0 Å². The zero-order valence-corrected chi connectivity index (χ0v) is 14.6. The molecule has 4 amide bonds. The molecule has 1 fully saturated rings. The van der Waals surface area contributed by atoms with Gasteiger partial charge in [-0.25, -0.2) is 9.69 Å². The van der Waals surface area contributed by atoms with Gasteiger partial charge in [0.15, 0.2) is 0 Å². The summed E-state index contributed by atoms with van der Waals surface area (Å²) in [6.07, 6.45) is 1.11. The second kappa shape index (κ2) is 6.89. The van der Waals surface area contributed by atoms with Crippen LogP contribution in [0.15, 0.2) is 58.6 Å². The molecular formula is C17H10BrN3O5. The molecule has 0 bridgehead atoms. The van der Waals surface area contributed by atoms with Crippen LogP contribution in [0.3, 0.4) is 0 Å². The van der Waals surface area contributed by atoms with Gasteiger partial charge < -0.3 is 0 Å². The molecule has 0 atom stereocenters. The molecular weight excluding hydrogens is 406 g/mol. The summed E-state index contributed by atoms with van der Waals surface area (Å²) in [5.41, 5.74) is -0.285. The smallest absolute Gasteiger partial charge is 0.273 e. The highest BCUT2D eigenvalue weighted by molar-refractivity contribution is 9.10. The van der Waals surface area contributed by atoms with Crippen LogP contribution in [0, 0.1) is 10.1 Å². The van der Waals surface area contributed by atoms with E-state index in [0.717, 1.165) is 15.4 Å². The number of rotatable bonds is 3. The fourth-order valence-electron chi connectivity index (χ4n) is 2.41. The first-order valence-electron chi connectivity index (χ1n) is 7.29. The minimum atomic E-state index is -0.911. The van der Waals surface area contributed by atoms with Crippen molar-refractivity contribution < 1.29 is 19.3 Å². The second-order valence-electron chi connectivity index (χ2n) is 5.25. The second-order valence-corrected chi connectivity index (χ2v) is 6.17. The maximum absolute atomic E-state index is 12.7. The van der Waals surface area contributed by atoms with Crippen molar-refractivity contribution in [1.29, 1.82) is 0 Å². The SMILES string of the molecule is O=C1NC(=O)N(c2ccc(Br)cc2)C(=O)C1=Cc1ccccc1[N+](=O)[O-]. The standard InChI is InChI=1S/C17H10BrN3O5/c18-11-5-7-12(8-6-11)20-16(23)13(15(22)19-17(20)24)9-10-3-1-2-4-14(10)21(25)26/h1-9H,(H,19,22,24). The van der Waals surface area contributed by atoms with Crippen molar-refractivity contribution in [2.24, 2.45) is 0 Å². The number of carbonyl (C=O) groups is 3. The van der Waals surface area contributed by atoms with Crippen LogP contribution in [0.25, 0.3) is 6.08 Å². The van der Waals surface area contributed by atoms with E-state index in [1.54, 1.807) is 18.2 Å². The van der Waals surface area contributed by atoms with Crippen LogP contribution in [-0.4, -0.2) is 22.8 Å². The van der Waals surface area contributed by atoms with Gasteiger partial charge in [-0.15, -0.1) is 0 Å². The number of barbiturate groups is 1. The van der Waals surface area contributed by atoms with Gasteiger partial charge in [0, 0.05) is 10.5 Å². The Hall–Kier alpha value is -3.33. The van der Waals surface area contributed by atoms with Gasteiger partial charge in [0.25, 0.3) is 17.5 Å². The third-order valence-corrected chi connectivity index (χ3v) is 4.15. The molecule has 0 unspecified atom stereocenters. The maximum atomic E-state index is 12.7. The molecule has 0 aromatic heterocycles. The van der Waals surface area contributed by atoms with Gasteiger partial charge in [-0.3, -0.25) is 25.0 Å². The number of nitrogens with zero attached hydrogens (tertiary/aromatic N) is 2. The Bertz CT molecular complexity index is 969. The van der Waals surface area contributed by atoms with Crippen LogP contribution in [-0.2, 0) is 9.59 Å². The first-order chi connectivity index (χ1) is 12.4. The molecule has 0 spiro atoms. The summed E-state index contributed by atoms with van der Waals surface area (Å²) in [6.45, 7) is 0. The molecule has 9 heteroatoms. The van der Waals surface area contributed by atoms with Gasteiger partial charge in [-0.1, -0.05) is 28.1 Å². The highest BCUT2D eigenvalue weighted by atomic mass is 79.9. The molecule has 130 valence electrons.